The number of hydrogen-bond acceptors (Lipinski definition) is 11. The summed E-state index contributed by atoms with van der Waals surface area (Å²) in [5, 5.41) is 0.885. The van der Waals surface area contributed by atoms with E-state index in [9.17, 15) is 21.6 Å². The lowest BCUT2D eigenvalue weighted by Crippen LogP contribution is -2.21. The number of pyridine rings is 4. The minimum Gasteiger partial charge on any atom is -0.476 e. The molecule has 264 valence electrons. The fraction of sp³-hybridized carbons (Fsp3) is 0.200. The molecular weight excluding hydrogens is 731 g/mol. The molecule has 7 N–H and O–H groups in total. The van der Waals surface area contributed by atoms with Crippen molar-refractivity contribution in [2.24, 2.45) is 0 Å². The topological polar surface area (TPSA) is 234 Å². The second kappa shape index (κ2) is 14.4. The Balaban J connectivity index is 0.000000195. The lowest BCUT2D eigenvalue weighted by atomic mass is 10.2. The number of nitrogens with one attached hydrogen (secondary N) is 3. The van der Waals surface area contributed by atoms with Crippen LogP contribution >= 0.6 is 23.2 Å². The van der Waals surface area contributed by atoms with Crippen molar-refractivity contribution in [1.82, 2.24) is 28.7 Å². The van der Waals surface area contributed by atoms with Crippen LogP contribution in [0, 0.1) is 0 Å². The minimum atomic E-state index is -3.57. The number of nitrogens with two attached hydrogens (primary N) is 2. The van der Waals surface area contributed by atoms with Crippen molar-refractivity contribution in [3.05, 3.63) is 81.8 Å². The van der Waals surface area contributed by atoms with E-state index >= 15 is 0 Å². The third-order valence-corrected chi connectivity index (χ3v) is 10.1. The molecule has 0 spiro atoms. The van der Waals surface area contributed by atoms with Crippen molar-refractivity contribution in [2.75, 3.05) is 39.0 Å². The van der Waals surface area contributed by atoms with Crippen molar-refractivity contribution < 1.29 is 21.6 Å². The van der Waals surface area contributed by atoms with Gasteiger partial charge in [-0.2, -0.15) is 0 Å². The summed E-state index contributed by atoms with van der Waals surface area (Å²) in [5.74, 6) is 0.00261. The van der Waals surface area contributed by atoms with E-state index in [-0.39, 0.29) is 28.8 Å². The molecule has 0 saturated carbocycles. The quantitative estimate of drug-likeness (QED) is 0.131. The highest BCUT2D eigenvalue weighted by Crippen LogP contribution is 2.32. The first-order chi connectivity index (χ1) is 23.6. The normalized spacial score (nSPS) is 11.7. The molecule has 0 bridgehead atoms. The van der Waals surface area contributed by atoms with E-state index in [0.29, 0.717) is 61.8 Å². The number of fused-ring (bicyclic) bond motifs is 2. The summed E-state index contributed by atoms with van der Waals surface area (Å²) >= 11 is 12.1. The molecule has 0 radical (unpaired) electrons. The first-order valence-corrected chi connectivity index (χ1v) is 18.9. The van der Waals surface area contributed by atoms with Gasteiger partial charge in [-0.1, -0.05) is 23.2 Å². The van der Waals surface area contributed by atoms with Gasteiger partial charge in [-0.05, 0) is 45.0 Å². The smallest absolute Gasteiger partial charge is 0.272 e. The highest BCUT2D eigenvalue weighted by atomic mass is 35.5. The summed E-state index contributed by atoms with van der Waals surface area (Å²) in [6, 6.07) is 6.28. The molecular formula is C30H32Cl2N10O6S2. The number of nitrogen functional groups attached to an aromatic ring is 2. The van der Waals surface area contributed by atoms with Gasteiger partial charge in [0.25, 0.3) is 5.56 Å². The summed E-state index contributed by atoms with van der Waals surface area (Å²) in [6.45, 7) is 5.18. The van der Waals surface area contributed by atoms with Gasteiger partial charge in [0.2, 0.25) is 25.9 Å². The van der Waals surface area contributed by atoms with E-state index in [4.69, 9.17) is 39.4 Å². The zero-order chi connectivity index (χ0) is 36.4. The predicted molar refractivity (Wildman–Crippen MR) is 196 cm³/mol. The number of aromatic amines is 1. The molecule has 0 aliphatic carbocycles. The van der Waals surface area contributed by atoms with Crippen LogP contribution in [0.3, 0.4) is 0 Å². The van der Waals surface area contributed by atoms with Crippen LogP contribution in [0.5, 0.6) is 5.88 Å². The molecule has 20 heteroatoms. The van der Waals surface area contributed by atoms with Gasteiger partial charge in [0.15, 0.2) is 11.3 Å². The zero-order valence-corrected chi connectivity index (χ0v) is 30.0. The van der Waals surface area contributed by atoms with Crippen molar-refractivity contribution in [2.45, 2.75) is 20.8 Å². The Morgan fingerprint density at radius 1 is 0.760 bits per heavy atom. The first-order valence-electron chi connectivity index (χ1n) is 14.9. The fourth-order valence-electron chi connectivity index (χ4n) is 4.69. The van der Waals surface area contributed by atoms with E-state index in [2.05, 4.69) is 29.4 Å². The van der Waals surface area contributed by atoms with Crippen LogP contribution in [-0.4, -0.2) is 63.7 Å². The molecule has 50 heavy (non-hydrogen) atoms. The Morgan fingerprint density at radius 3 is 1.78 bits per heavy atom. The minimum absolute atomic E-state index is 0.0649. The number of imidazole rings is 2. The lowest BCUT2D eigenvalue weighted by molar-refractivity contribution is 0.329. The maximum absolute atomic E-state index is 12.0. The number of rotatable bonds is 10. The van der Waals surface area contributed by atoms with Crippen LogP contribution in [0.15, 0.2) is 66.2 Å². The molecule has 0 aliphatic rings. The van der Waals surface area contributed by atoms with Gasteiger partial charge in [0.1, 0.15) is 11.4 Å². The number of hydrogen-bond donors (Lipinski definition) is 5. The summed E-state index contributed by atoms with van der Waals surface area (Å²) in [6.07, 6.45) is 9.55. The Hall–Kier alpha value is -5.04. The molecule has 6 aromatic rings. The molecule has 6 aromatic heterocycles. The fourth-order valence-corrected chi connectivity index (χ4v) is 6.38. The number of halogens is 2. The SMILES string of the molecule is CCOc1ncc(-c2cnc3c(N)cc(Cl)cn23)cc1NS(=O)(=O)CC.CCS(=O)(=O)Nc1cc(-c2cnc3c(N)cc(Cl)cn23)c[nH]c1=O. The van der Waals surface area contributed by atoms with Crippen molar-refractivity contribution in [1.29, 1.82) is 0 Å². The number of sulfonamides is 2. The highest BCUT2D eigenvalue weighted by molar-refractivity contribution is 7.92. The maximum atomic E-state index is 12.0. The van der Waals surface area contributed by atoms with Gasteiger partial charge in [0.05, 0.1) is 63.3 Å². The monoisotopic (exact) mass is 762 g/mol. The summed E-state index contributed by atoms with van der Waals surface area (Å²) in [5.41, 5.74) is 15.9. The average Bonchev–Trinajstić information content (AvgIpc) is 3.68. The van der Waals surface area contributed by atoms with E-state index in [1.807, 2.05) is 0 Å². The molecule has 6 heterocycles. The number of ether oxygens (including phenoxy) is 1. The van der Waals surface area contributed by atoms with Crippen molar-refractivity contribution >= 4 is 77.3 Å². The van der Waals surface area contributed by atoms with Crippen LogP contribution in [0.25, 0.3) is 33.8 Å². The Kier molecular flexibility index (Phi) is 10.5. The summed E-state index contributed by atoms with van der Waals surface area (Å²) in [4.78, 5) is 27.1. The van der Waals surface area contributed by atoms with Crippen molar-refractivity contribution in [3.63, 3.8) is 0 Å². The summed E-state index contributed by atoms with van der Waals surface area (Å²) < 4.78 is 60.9. The third kappa shape index (κ3) is 7.88. The second-order valence-electron chi connectivity index (χ2n) is 10.6. The lowest BCUT2D eigenvalue weighted by Gasteiger charge is -2.13. The van der Waals surface area contributed by atoms with E-state index in [1.54, 1.807) is 71.8 Å². The Bertz CT molecular complexity index is 2500. The predicted octanol–water partition coefficient (Wildman–Crippen LogP) is 4.48. The molecule has 16 nitrogen and oxygen atoms in total. The number of nitrogens with zero attached hydrogens (tertiary/aromatic N) is 5. The number of H-pyrrole nitrogens is 1. The molecule has 0 fully saturated rings. The van der Waals surface area contributed by atoms with Gasteiger partial charge >= 0.3 is 0 Å². The molecule has 0 atom stereocenters. The van der Waals surface area contributed by atoms with Gasteiger partial charge in [0, 0.05) is 35.9 Å². The van der Waals surface area contributed by atoms with E-state index in [1.165, 1.54) is 19.2 Å². The molecule has 0 saturated heterocycles. The van der Waals surface area contributed by atoms with E-state index in [0.717, 1.165) is 0 Å². The molecule has 0 aromatic carbocycles. The maximum Gasteiger partial charge on any atom is 0.272 e. The molecule has 0 aliphatic heterocycles. The van der Waals surface area contributed by atoms with Gasteiger partial charge < -0.3 is 21.2 Å². The molecule has 6 rings (SSSR count). The zero-order valence-electron chi connectivity index (χ0n) is 26.8. The van der Waals surface area contributed by atoms with Crippen LogP contribution in [0.1, 0.15) is 20.8 Å². The third-order valence-electron chi connectivity index (χ3n) is 7.12. The molecule has 0 unspecified atom stereocenters. The van der Waals surface area contributed by atoms with Gasteiger partial charge in [-0.3, -0.25) is 23.0 Å². The van der Waals surface area contributed by atoms with Crippen LogP contribution in [-0.2, 0) is 20.0 Å². The Labute approximate surface area is 296 Å². The first kappa shape index (κ1) is 36.2. The van der Waals surface area contributed by atoms with Crippen LogP contribution in [0.4, 0.5) is 22.7 Å². The average molecular weight is 764 g/mol. The van der Waals surface area contributed by atoms with Gasteiger partial charge in [-0.25, -0.2) is 31.8 Å². The number of aromatic nitrogens is 6. The number of anilines is 4. The Morgan fingerprint density at radius 2 is 1.26 bits per heavy atom. The standard InChI is InChI=1S/C16H18ClN5O3S.C14H14ClN5O3S/c1-3-25-16-13(21-26(23,24)4-2)5-10(7-20-16)14-8-19-15-12(18)6-11(17)9-22(14)15;1-2-24(22,23)19-11-3-8(5-18-14(11)21)12-6-17-13-10(16)4-9(15)7-20(12)13/h5-9,21H,3-4,18H2,1-2H3;3-7,19H,2,16H2,1H3,(H,18,21). The second-order valence-corrected chi connectivity index (χ2v) is 15.4. The molecule has 0 amide bonds. The summed E-state index contributed by atoms with van der Waals surface area (Å²) in [7, 11) is -7.06. The van der Waals surface area contributed by atoms with Gasteiger partial charge in [-0.15, -0.1) is 0 Å². The highest BCUT2D eigenvalue weighted by Gasteiger charge is 2.17. The largest absolute Gasteiger partial charge is 0.476 e. The van der Waals surface area contributed by atoms with Crippen molar-refractivity contribution in [3.8, 4) is 28.4 Å². The van der Waals surface area contributed by atoms with Crippen LogP contribution in [0.2, 0.25) is 10.0 Å². The van der Waals surface area contributed by atoms with E-state index < -0.39 is 25.6 Å². The van der Waals surface area contributed by atoms with Crippen LogP contribution < -0.4 is 31.2 Å².